The number of nitrogens with one attached hydrogen (secondary N) is 1. The topological polar surface area (TPSA) is 66.5 Å². The van der Waals surface area contributed by atoms with E-state index in [9.17, 15) is 13.2 Å². The molecule has 0 aliphatic rings. The molecule has 0 heterocycles. The van der Waals surface area contributed by atoms with Gasteiger partial charge in [-0.05, 0) is 24.3 Å². The van der Waals surface area contributed by atoms with Crippen LogP contribution in [-0.4, -0.2) is 32.3 Å². The van der Waals surface area contributed by atoms with E-state index in [1.54, 1.807) is 0 Å². The zero-order valence-corrected chi connectivity index (χ0v) is 12.4. The highest BCUT2D eigenvalue weighted by atomic mass is 35.5. The maximum absolute atomic E-state index is 12.1. The molecule has 0 bridgehead atoms. The van der Waals surface area contributed by atoms with Gasteiger partial charge in [-0.15, -0.1) is 0 Å². The smallest absolute Gasteiger partial charge is 0.244 e. The number of benzene rings is 1. The summed E-state index contributed by atoms with van der Waals surface area (Å²) < 4.78 is 25.3. The summed E-state index contributed by atoms with van der Waals surface area (Å²) in [7, 11) is -2.41. The number of rotatable bonds is 5. The van der Waals surface area contributed by atoms with E-state index < -0.39 is 15.9 Å². The Morgan fingerprint density at radius 2 is 2.05 bits per heavy atom. The highest BCUT2D eigenvalue weighted by molar-refractivity contribution is 7.89. The van der Waals surface area contributed by atoms with Crippen molar-refractivity contribution in [1.29, 1.82) is 0 Å². The van der Waals surface area contributed by atoms with Crippen molar-refractivity contribution in [3.05, 3.63) is 40.9 Å². The minimum atomic E-state index is -3.74. The van der Waals surface area contributed by atoms with Crippen LogP contribution in [0.3, 0.4) is 0 Å². The lowest BCUT2D eigenvalue weighted by molar-refractivity contribution is -0.116. The molecular formula is C11H12Cl2N2O3S. The number of nitrogens with zero attached hydrogens (tertiary/aromatic N) is 1. The van der Waals surface area contributed by atoms with Gasteiger partial charge in [0.05, 0.1) is 21.6 Å². The standard InChI is InChI=1S/C11H12Cl2N2O3S/c1-3-11(16)14-7-15(2)19(17,18)8-4-5-9(12)10(13)6-8/h3-6H,1,7H2,2H3,(H,14,16). The number of hydrogen-bond donors (Lipinski definition) is 1. The monoisotopic (exact) mass is 322 g/mol. The number of carbonyl (C=O) groups excluding carboxylic acids is 1. The van der Waals surface area contributed by atoms with Gasteiger partial charge in [-0.1, -0.05) is 29.8 Å². The van der Waals surface area contributed by atoms with Crippen molar-refractivity contribution >= 4 is 39.1 Å². The normalized spacial score (nSPS) is 11.4. The van der Waals surface area contributed by atoms with Crippen LogP contribution in [0.15, 0.2) is 35.7 Å². The number of hydrogen-bond acceptors (Lipinski definition) is 3. The SMILES string of the molecule is C=CC(=O)NCN(C)S(=O)(=O)c1ccc(Cl)c(Cl)c1. The molecule has 19 heavy (non-hydrogen) atoms. The molecule has 0 saturated carbocycles. The van der Waals surface area contributed by atoms with Gasteiger partial charge < -0.3 is 5.32 Å². The fourth-order valence-electron chi connectivity index (χ4n) is 1.16. The number of halogens is 2. The molecule has 0 atom stereocenters. The molecule has 5 nitrogen and oxygen atoms in total. The Morgan fingerprint density at radius 1 is 1.42 bits per heavy atom. The van der Waals surface area contributed by atoms with Crippen LogP contribution in [0.4, 0.5) is 0 Å². The molecule has 0 unspecified atom stereocenters. The molecule has 8 heteroatoms. The average molecular weight is 323 g/mol. The molecule has 1 N–H and O–H groups in total. The Kier molecular flexibility index (Phi) is 5.37. The van der Waals surface area contributed by atoms with E-state index in [4.69, 9.17) is 23.2 Å². The van der Waals surface area contributed by atoms with Crippen molar-refractivity contribution in [2.75, 3.05) is 13.7 Å². The summed E-state index contributed by atoms with van der Waals surface area (Å²) in [5.74, 6) is -0.462. The van der Waals surface area contributed by atoms with E-state index in [0.717, 1.165) is 10.4 Å². The van der Waals surface area contributed by atoms with E-state index in [0.29, 0.717) is 0 Å². The maximum atomic E-state index is 12.1. The van der Waals surface area contributed by atoms with Crippen molar-refractivity contribution in [3.63, 3.8) is 0 Å². The van der Waals surface area contributed by atoms with Gasteiger partial charge in [0, 0.05) is 7.05 Å². The van der Waals surface area contributed by atoms with Crippen LogP contribution >= 0.6 is 23.2 Å². The first-order valence-corrected chi connectivity index (χ1v) is 7.30. The zero-order valence-electron chi connectivity index (χ0n) is 10.1. The molecule has 1 rings (SSSR count). The van der Waals surface area contributed by atoms with Gasteiger partial charge >= 0.3 is 0 Å². The second kappa shape index (κ2) is 6.38. The highest BCUT2D eigenvalue weighted by Gasteiger charge is 2.21. The molecule has 104 valence electrons. The first-order chi connectivity index (χ1) is 8.78. The van der Waals surface area contributed by atoms with Crippen molar-refractivity contribution < 1.29 is 13.2 Å². The van der Waals surface area contributed by atoms with Crippen molar-refractivity contribution in [1.82, 2.24) is 9.62 Å². The molecule has 0 aliphatic heterocycles. The van der Waals surface area contributed by atoms with Gasteiger partial charge in [0.25, 0.3) is 0 Å². The average Bonchev–Trinajstić information content (AvgIpc) is 2.38. The van der Waals surface area contributed by atoms with Gasteiger partial charge in [0.1, 0.15) is 0 Å². The fraction of sp³-hybridized carbons (Fsp3) is 0.182. The van der Waals surface area contributed by atoms with Crippen LogP contribution < -0.4 is 5.32 Å². The third-order valence-corrected chi connectivity index (χ3v) is 4.80. The Labute approximate surface area is 121 Å². The summed E-state index contributed by atoms with van der Waals surface area (Å²) in [6.07, 6.45) is 1.06. The van der Waals surface area contributed by atoms with Crippen molar-refractivity contribution in [2.24, 2.45) is 0 Å². The predicted octanol–water partition coefficient (Wildman–Crippen LogP) is 1.87. The number of carbonyl (C=O) groups is 1. The predicted molar refractivity (Wildman–Crippen MR) is 74.6 cm³/mol. The van der Waals surface area contributed by atoms with Crippen LogP contribution in [0.5, 0.6) is 0 Å². The molecule has 1 aromatic rings. The lowest BCUT2D eigenvalue weighted by Gasteiger charge is -2.17. The molecule has 0 radical (unpaired) electrons. The van der Waals surface area contributed by atoms with Gasteiger partial charge in [-0.3, -0.25) is 4.79 Å². The van der Waals surface area contributed by atoms with Crippen LogP contribution in [0, 0.1) is 0 Å². The van der Waals surface area contributed by atoms with Gasteiger partial charge in [-0.2, -0.15) is 4.31 Å². The van der Waals surface area contributed by atoms with E-state index in [-0.39, 0.29) is 21.6 Å². The van der Waals surface area contributed by atoms with Crippen LogP contribution in [0.1, 0.15) is 0 Å². The van der Waals surface area contributed by atoms with Crippen molar-refractivity contribution in [2.45, 2.75) is 4.90 Å². The van der Waals surface area contributed by atoms with E-state index in [2.05, 4.69) is 11.9 Å². The molecule has 0 aliphatic carbocycles. The van der Waals surface area contributed by atoms with Gasteiger partial charge in [-0.25, -0.2) is 8.42 Å². The quantitative estimate of drug-likeness (QED) is 0.664. The molecule has 1 aromatic carbocycles. The largest absolute Gasteiger partial charge is 0.339 e. The molecule has 1 amide bonds. The minimum Gasteiger partial charge on any atom is -0.339 e. The molecule has 0 saturated heterocycles. The van der Waals surface area contributed by atoms with Gasteiger partial charge in [0.2, 0.25) is 15.9 Å². The van der Waals surface area contributed by atoms with Crippen LogP contribution in [-0.2, 0) is 14.8 Å². The lowest BCUT2D eigenvalue weighted by atomic mass is 10.4. The Balaban J connectivity index is 2.93. The molecular weight excluding hydrogens is 311 g/mol. The molecule has 0 aromatic heterocycles. The van der Waals surface area contributed by atoms with E-state index >= 15 is 0 Å². The summed E-state index contributed by atoms with van der Waals surface area (Å²) in [5, 5.41) is 2.78. The third kappa shape index (κ3) is 3.94. The lowest BCUT2D eigenvalue weighted by Crippen LogP contribution is -2.38. The number of sulfonamides is 1. The Morgan fingerprint density at radius 3 is 2.58 bits per heavy atom. The second-order valence-electron chi connectivity index (χ2n) is 3.58. The van der Waals surface area contributed by atoms with Crippen LogP contribution in [0.2, 0.25) is 10.0 Å². The van der Waals surface area contributed by atoms with E-state index in [1.165, 1.54) is 25.2 Å². The van der Waals surface area contributed by atoms with Crippen LogP contribution in [0.25, 0.3) is 0 Å². The zero-order chi connectivity index (χ0) is 14.6. The highest BCUT2D eigenvalue weighted by Crippen LogP contribution is 2.25. The summed E-state index contributed by atoms with van der Waals surface area (Å²) in [5.41, 5.74) is 0. The summed E-state index contributed by atoms with van der Waals surface area (Å²) >= 11 is 11.5. The maximum Gasteiger partial charge on any atom is 0.244 e. The first kappa shape index (κ1) is 16.0. The summed E-state index contributed by atoms with van der Waals surface area (Å²) in [6, 6.07) is 3.99. The molecule has 0 fully saturated rings. The first-order valence-electron chi connectivity index (χ1n) is 5.10. The Hall–Kier alpha value is -1.08. The van der Waals surface area contributed by atoms with Gasteiger partial charge in [0.15, 0.2) is 0 Å². The fourth-order valence-corrected chi connectivity index (χ4v) is 2.63. The van der Waals surface area contributed by atoms with E-state index in [1.807, 2.05) is 0 Å². The Bertz CT molecular complexity index is 602. The molecule has 0 spiro atoms. The third-order valence-electron chi connectivity index (χ3n) is 2.26. The number of amides is 1. The second-order valence-corrected chi connectivity index (χ2v) is 6.44. The minimum absolute atomic E-state index is 0.00254. The van der Waals surface area contributed by atoms with Crippen molar-refractivity contribution in [3.8, 4) is 0 Å². The summed E-state index contributed by atoms with van der Waals surface area (Å²) in [4.78, 5) is 11.0. The summed E-state index contributed by atoms with van der Waals surface area (Å²) in [6.45, 7) is 3.09.